The average Bonchev–Trinajstić information content (AvgIpc) is 2.67. The molecule has 2 rings (SSSR count). The second kappa shape index (κ2) is 9.17. The summed E-state index contributed by atoms with van der Waals surface area (Å²) in [5.74, 6) is 12.0. The molecule has 152 valence electrons. The zero-order valence-electron chi connectivity index (χ0n) is 15.8. The van der Waals surface area contributed by atoms with E-state index in [-0.39, 0.29) is 24.4 Å². The summed E-state index contributed by atoms with van der Waals surface area (Å²) in [4.78, 5) is 17.8. The fourth-order valence-corrected chi connectivity index (χ4v) is 2.95. The summed E-state index contributed by atoms with van der Waals surface area (Å²) in [6.07, 6.45) is 6.02. The molecule has 2 aliphatic rings. The Kier molecular flexibility index (Phi) is 7.13. The lowest BCUT2D eigenvalue weighted by molar-refractivity contribution is -0.527. The number of allylic oxidation sites excluding steroid dienone is 2. The van der Waals surface area contributed by atoms with Crippen molar-refractivity contribution in [1.29, 1.82) is 0 Å². The van der Waals surface area contributed by atoms with Crippen molar-refractivity contribution in [3.63, 3.8) is 0 Å². The second-order valence-corrected chi connectivity index (χ2v) is 7.58. The predicted molar refractivity (Wildman–Crippen MR) is 110 cm³/mol. The quantitative estimate of drug-likeness (QED) is 0.209. The maximum Gasteiger partial charge on any atom is 0.318 e. The molecule has 0 aromatic rings. The topological polar surface area (TPSA) is 95.5 Å². The van der Waals surface area contributed by atoms with E-state index in [1.165, 1.54) is 24.3 Å². The molecule has 0 fully saturated rings. The van der Waals surface area contributed by atoms with E-state index in [1.54, 1.807) is 0 Å². The van der Waals surface area contributed by atoms with Crippen molar-refractivity contribution in [2.24, 2.45) is 0 Å². The Labute approximate surface area is 178 Å². The van der Waals surface area contributed by atoms with Crippen LogP contribution in [0.2, 0.25) is 0 Å². The summed E-state index contributed by atoms with van der Waals surface area (Å²) in [6.45, 7) is 3.69. The minimum atomic E-state index is -1.80. The first-order valence-electron chi connectivity index (χ1n) is 8.82. The minimum Gasteiger partial charge on any atom is -0.455 e. The van der Waals surface area contributed by atoms with Crippen LogP contribution in [0.5, 0.6) is 0 Å². The smallest absolute Gasteiger partial charge is 0.318 e. The number of hydrogen-bond acceptors (Lipinski definition) is 5. The zero-order valence-corrected chi connectivity index (χ0v) is 17.3. The summed E-state index contributed by atoms with van der Waals surface area (Å²) < 4.78 is 5.92. The molecule has 0 bridgehead atoms. The third kappa shape index (κ3) is 5.20. The van der Waals surface area contributed by atoms with Gasteiger partial charge in [0.25, 0.3) is 0 Å². The first-order valence-corrected chi connectivity index (χ1v) is 9.58. The highest BCUT2D eigenvalue weighted by Crippen LogP contribution is 2.37. The summed E-state index contributed by atoms with van der Waals surface area (Å²) in [5.41, 5.74) is 0.725. The van der Waals surface area contributed by atoms with Gasteiger partial charge in [-0.15, -0.1) is 0 Å². The van der Waals surface area contributed by atoms with Crippen LogP contribution in [0, 0.1) is 43.9 Å². The molecule has 0 aromatic heterocycles. The molecule has 0 aliphatic heterocycles. The monoisotopic (exact) mass is 436 g/mol. The van der Waals surface area contributed by atoms with E-state index in [2.05, 4.69) is 23.7 Å². The highest BCUT2D eigenvalue weighted by Gasteiger charge is 2.43. The molecule has 0 heterocycles. The van der Waals surface area contributed by atoms with Crippen molar-refractivity contribution >= 4 is 23.2 Å². The normalized spacial score (nSPS) is 25.7. The lowest BCUT2D eigenvalue weighted by atomic mass is 9.97. The Hall–Kier alpha value is -2.74. The minimum absolute atomic E-state index is 0.151. The van der Waals surface area contributed by atoms with Gasteiger partial charge in [0.1, 0.15) is 11.5 Å². The van der Waals surface area contributed by atoms with Crippen molar-refractivity contribution in [3.8, 4) is 23.7 Å². The molecule has 9 heteroatoms. The molecule has 7 nitrogen and oxygen atoms in total. The number of alkyl halides is 2. The molecular weight excluding hydrogens is 419 g/mol. The largest absolute Gasteiger partial charge is 0.455 e. The van der Waals surface area contributed by atoms with Crippen LogP contribution in [0.25, 0.3) is 0 Å². The van der Waals surface area contributed by atoms with Crippen molar-refractivity contribution in [2.75, 3.05) is 0 Å². The standard InChI is InChI=1S/C20H18Cl2N2O5/c1-3-5-7-15-13-19(21,23(25)26)11-9-17(15)29-18-10-12-20(22,24(27)28)14-16(18)8-6-4-2/h9-12H,3-4,13-14H2,1-2H3. The Morgan fingerprint density at radius 3 is 1.62 bits per heavy atom. The van der Waals surface area contributed by atoms with Crippen LogP contribution >= 0.6 is 23.2 Å². The number of nitrogens with zero attached hydrogens (tertiary/aromatic N) is 2. The van der Waals surface area contributed by atoms with Gasteiger partial charge in [0.05, 0.1) is 24.0 Å². The lowest BCUT2D eigenvalue weighted by Gasteiger charge is -2.24. The van der Waals surface area contributed by atoms with Gasteiger partial charge in [-0.3, -0.25) is 20.2 Å². The van der Waals surface area contributed by atoms with Gasteiger partial charge in [-0.25, -0.2) is 0 Å². The molecule has 0 aromatic carbocycles. The Morgan fingerprint density at radius 2 is 1.31 bits per heavy atom. The molecule has 0 saturated heterocycles. The van der Waals surface area contributed by atoms with Crippen LogP contribution in [-0.2, 0) is 4.74 Å². The van der Waals surface area contributed by atoms with E-state index < -0.39 is 19.8 Å². The lowest BCUT2D eigenvalue weighted by Crippen LogP contribution is -2.33. The first-order chi connectivity index (χ1) is 13.6. The Bertz CT molecular complexity index is 896. The van der Waals surface area contributed by atoms with Gasteiger partial charge in [0.2, 0.25) is 0 Å². The van der Waals surface area contributed by atoms with Crippen LogP contribution in [-0.4, -0.2) is 19.8 Å². The maximum atomic E-state index is 11.3. The Morgan fingerprint density at radius 1 is 0.931 bits per heavy atom. The van der Waals surface area contributed by atoms with Gasteiger partial charge in [0.15, 0.2) is 0 Å². The summed E-state index contributed by atoms with van der Waals surface area (Å²) in [6, 6.07) is 0. The number of hydrogen-bond donors (Lipinski definition) is 0. The van der Waals surface area contributed by atoms with Crippen molar-refractivity contribution < 1.29 is 14.6 Å². The van der Waals surface area contributed by atoms with E-state index in [1.807, 2.05) is 13.8 Å². The molecule has 0 saturated carbocycles. The summed E-state index contributed by atoms with van der Waals surface area (Å²) in [5, 5.41) is 22.6. The van der Waals surface area contributed by atoms with Gasteiger partial charge >= 0.3 is 10.00 Å². The van der Waals surface area contributed by atoms with Gasteiger partial charge in [0, 0.05) is 34.8 Å². The number of ether oxygens (including phenoxy) is 1. The summed E-state index contributed by atoms with van der Waals surface area (Å²) in [7, 11) is 0. The number of rotatable bonds is 4. The van der Waals surface area contributed by atoms with Crippen LogP contribution in [0.3, 0.4) is 0 Å². The maximum absolute atomic E-state index is 11.3. The average molecular weight is 437 g/mol. The summed E-state index contributed by atoms with van der Waals surface area (Å²) >= 11 is 12.2. The van der Waals surface area contributed by atoms with E-state index in [0.717, 1.165) is 0 Å². The van der Waals surface area contributed by atoms with Gasteiger partial charge in [-0.05, 0) is 35.4 Å². The zero-order chi connectivity index (χ0) is 21.7. The van der Waals surface area contributed by atoms with Crippen LogP contribution in [0.15, 0.2) is 47.0 Å². The van der Waals surface area contributed by atoms with Crippen LogP contribution in [0.1, 0.15) is 39.5 Å². The van der Waals surface area contributed by atoms with E-state index in [0.29, 0.717) is 24.0 Å². The molecule has 0 N–H and O–H groups in total. The fourth-order valence-electron chi connectivity index (χ4n) is 2.56. The molecule has 2 aliphatic carbocycles. The highest BCUT2D eigenvalue weighted by molar-refractivity contribution is 6.24. The van der Waals surface area contributed by atoms with E-state index in [4.69, 9.17) is 27.9 Å². The molecular formula is C20H18Cl2N2O5. The molecule has 0 amide bonds. The highest BCUT2D eigenvalue weighted by atomic mass is 35.5. The second-order valence-electron chi connectivity index (χ2n) is 6.27. The van der Waals surface area contributed by atoms with E-state index >= 15 is 0 Å². The van der Waals surface area contributed by atoms with Crippen LogP contribution in [0.4, 0.5) is 0 Å². The van der Waals surface area contributed by atoms with Gasteiger partial charge in [-0.2, -0.15) is 0 Å². The molecule has 0 radical (unpaired) electrons. The predicted octanol–water partition coefficient (Wildman–Crippen LogP) is 4.68. The SMILES string of the molecule is CCC#CC1=C(OC2=C(C#CCC)CC(Cl)([N+](=O)[O-])C=C2)C=CC(Cl)([N+](=O)[O-])C1. The van der Waals surface area contributed by atoms with Crippen molar-refractivity contribution in [3.05, 3.63) is 67.2 Å². The van der Waals surface area contributed by atoms with E-state index in [9.17, 15) is 20.2 Å². The molecule has 0 spiro atoms. The molecule has 29 heavy (non-hydrogen) atoms. The first kappa shape index (κ1) is 22.5. The third-order valence-electron chi connectivity index (χ3n) is 4.08. The third-order valence-corrected chi connectivity index (χ3v) is 4.88. The fraction of sp³-hybridized carbons (Fsp3) is 0.400. The van der Waals surface area contributed by atoms with Gasteiger partial charge in [-0.1, -0.05) is 37.5 Å². The van der Waals surface area contributed by atoms with Crippen molar-refractivity contribution in [2.45, 2.75) is 49.5 Å². The number of nitro groups is 2. The van der Waals surface area contributed by atoms with Gasteiger partial charge < -0.3 is 4.74 Å². The Balaban J connectivity index is 2.47. The van der Waals surface area contributed by atoms with Crippen LogP contribution < -0.4 is 0 Å². The number of halogens is 2. The molecule has 2 unspecified atom stereocenters. The molecule has 2 atom stereocenters. The van der Waals surface area contributed by atoms with Crippen molar-refractivity contribution in [1.82, 2.24) is 0 Å².